The summed E-state index contributed by atoms with van der Waals surface area (Å²) >= 11 is 0. The van der Waals surface area contributed by atoms with E-state index < -0.39 is 7.14 Å². The van der Waals surface area contributed by atoms with Gasteiger partial charge in [-0.05, 0) is 24.3 Å². The van der Waals surface area contributed by atoms with Crippen molar-refractivity contribution in [3.05, 3.63) is 90.5 Å². The molecular formula is C24H27OP. The van der Waals surface area contributed by atoms with Gasteiger partial charge in [0.25, 0.3) is 0 Å². The maximum Gasteiger partial charge on any atom is 0.171 e. The third kappa shape index (κ3) is 3.69. The fraction of sp³-hybridized carbons (Fsp3) is 0.250. The zero-order valence-electron chi connectivity index (χ0n) is 15.6. The third-order valence-corrected chi connectivity index (χ3v) is 8.17. The molecule has 0 heterocycles. The molecular weight excluding hydrogens is 335 g/mol. The van der Waals surface area contributed by atoms with E-state index in [0.717, 1.165) is 22.3 Å². The predicted octanol–water partition coefficient (Wildman–Crippen LogP) is 5.62. The monoisotopic (exact) mass is 362 g/mol. The molecule has 0 fully saturated rings. The molecule has 0 saturated heterocycles. The van der Waals surface area contributed by atoms with Crippen molar-refractivity contribution >= 4 is 23.1 Å². The Morgan fingerprint density at radius 2 is 1.15 bits per heavy atom. The maximum absolute atomic E-state index is 14.3. The van der Waals surface area contributed by atoms with Crippen LogP contribution in [-0.4, -0.2) is 0 Å². The molecule has 2 heteroatoms. The molecule has 0 aliphatic rings. The van der Waals surface area contributed by atoms with Crippen molar-refractivity contribution in [2.24, 2.45) is 0 Å². The molecule has 134 valence electrons. The number of benzene rings is 3. The molecule has 0 aliphatic carbocycles. The largest absolute Gasteiger partial charge is 0.309 e. The lowest BCUT2D eigenvalue weighted by molar-refractivity contribution is 0.592. The summed E-state index contributed by atoms with van der Waals surface area (Å²) in [5.41, 5.74) is 1.35. The lowest BCUT2D eigenvalue weighted by atomic mass is 9.92. The van der Waals surface area contributed by atoms with Gasteiger partial charge in [-0.1, -0.05) is 105 Å². The highest BCUT2D eigenvalue weighted by atomic mass is 31.2. The zero-order valence-corrected chi connectivity index (χ0v) is 16.5. The van der Waals surface area contributed by atoms with Crippen LogP contribution in [0.1, 0.15) is 44.6 Å². The standard InChI is InChI=1S/C24H27OP/c1-3-11-20(4-2)21-16-18-24(19-17-21)26(25,22-12-7-5-8-13-22)23-14-9-6-10-15-23/h5-10,12-20H,3-4,11H2,1-2H3. The SMILES string of the molecule is CCCC(CC)c1ccc(P(=O)(c2ccccc2)c2ccccc2)cc1. The molecule has 0 aliphatic heterocycles. The van der Waals surface area contributed by atoms with E-state index in [-0.39, 0.29) is 0 Å². The summed E-state index contributed by atoms with van der Waals surface area (Å²) < 4.78 is 14.3. The van der Waals surface area contributed by atoms with Crippen molar-refractivity contribution in [3.8, 4) is 0 Å². The van der Waals surface area contributed by atoms with Gasteiger partial charge in [-0.15, -0.1) is 0 Å². The van der Waals surface area contributed by atoms with Crippen LogP contribution >= 0.6 is 7.14 Å². The third-order valence-electron chi connectivity index (χ3n) is 5.10. The highest BCUT2D eigenvalue weighted by Crippen LogP contribution is 2.42. The molecule has 3 aromatic rings. The Bertz CT molecular complexity index is 810. The summed E-state index contributed by atoms with van der Waals surface area (Å²) in [4.78, 5) is 0. The van der Waals surface area contributed by atoms with Gasteiger partial charge in [0.2, 0.25) is 0 Å². The van der Waals surface area contributed by atoms with Crippen LogP contribution in [0.2, 0.25) is 0 Å². The quantitative estimate of drug-likeness (QED) is 0.499. The molecule has 0 bridgehead atoms. The van der Waals surface area contributed by atoms with Gasteiger partial charge in [-0.3, -0.25) is 0 Å². The number of hydrogen-bond donors (Lipinski definition) is 0. The van der Waals surface area contributed by atoms with Crippen LogP contribution in [0.4, 0.5) is 0 Å². The maximum atomic E-state index is 14.3. The molecule has 1 atom stereocenters. The van der Waals surface area contributed by atoms with Crippen molar-refractivity contribution in [2.75, 3.05) is 0 Å². The van der Waals surface area contributed by atoms with Crippen molar-refractivity contribution in [2.45, 2.75) is 39.0 Å². The Morgan fingerprint density at radius 3 is 1.58 bits per heavy atom. The first-order valence-electron chi connectivity index (χ1n) is 9.52. The fourth-order valence-corrected chi connectivity index (χ4v) is 6.28. The molecule has 26 heavy (non-hydrogen) atoms. The van der Waals surface area contributed by atoms with E-state index in [1.807, 2.05) is 60.7 Å². The van der Waals surface area contributed by atoms with Crippen LogP contribution in [-0.2, 0) is 4.57 Å². The lowest BCUT2D eigenvalue weighted by Gasteiger charge is -2.21. The first-order valence-corrected chi connectivity index (χ1v) is 11.2. The first kappa shape index (κ1) is 18.7. The molecule has 3 rings (SSSR count). The van der Waals surface area contributed by atoms with Crippen molar-refractivity contribution in [3.63, 3.8) is 0 Å². The molecule has 3 aromatic carbocycles. The topological polar surface area (TPSA) is 17.1 Å². The Kier molecular flexibility index (Phi) is 6.12. The second kappa shape index (κ2) is 8.52. The minimum absolute atomic E-state index is 0.585. The van der Waals surface area contributed by atoms with E-state index in [4.69, 9.17) is 0 Å². The summed E-state index contributed by atoms with van der Waals surface area (Å²) in [6.45, 7) is 4.48. The van der Waals surface area contributed by atoms with E-state index >= 15 is 0 Å². The van der Waals surface area contributed by atoms with Crippen LogP contribution in [0, 0.1) is 0 Å². The Morgan fingerprint density at radius 1 is 0.692 bits per heavy atom. The fourth-order valence-electron chi connectivity index (χ4n) is 3.63. The highest BCUT2D eigenvalue weighted by molar-refractivity contribution is 7.85. The molecule has 1 unspecified atom stereocenters. The highest BCUT2D eigenvalue weighted by Gasteiger charge is 2.29. The second-order valence-electron chi connectivity index (χ2n) is 6.77. The average molecular weight is 362 g/mol. The van der Waals surface area contributed by atoms with Gasteiger partial charge < -0.3 is 4.57 Å². The summed E-state index contributed by atoms with van der Waals surface area (Å²) in [6, 6.07) is 28.2. The normalized spacial score (nSPS) is 12.7. The van der Waals surface area contributed by atoms with E-state index in [1.165, 1.54) is 18.4 Å². The summed E-state index contributed by atoms with van der Waals surface area (Å²) in [7, 11) is -2.85. The molecule has 0 spiro atoms. The number of hydrogen-bond acceptors (Lipinski definition) is 1. The Labute approximate surface area is 157 Å². The molecule has 0 amide bonds. The lowest BCUT2D eigenvalue weighted by Crippen LogP contribution is -2.25. The van der Waals surface area contributed by atoms with Gasteiger partial charge in [-0.25, -0.2) is 0 Å². The van der Waals surface area contributed by atoms with Gasteiger partial charge in [0.05, 0.1) is 0 Å². The van der Waals surface area contributed by atoms with Crippen LogP contribution in [0.25, 0.3) is 0 Å². The van der Waals surface area contributed by atoms with E-state index in [9.17, 15) is 4.57 Å². The van der Waals surface area contributed by atoms with E-state index in [2.05, 4.69) is 38.1 Å². The molecule has 0 radical (unpaired) electrons. The Hall–Kier alpha value is -2.11. The van der Waals surface area contributed by atoms with Crippen molar-refractivity contribution < 1.29 is 4.57 Å². The summed E-state index contributed by atoms with van der Waals surface area (Å²) in [5, 5.41) is 2.68. The van der Waals surface area contributed by atoms with Crippen LogP contribution in [0.5, 0.6) is 0 Å². The summed E-state index contributed by atoms with van der Waals surface area (Å²) in [5.74, 6) is 0.585. The summed E-state index contributed by atoms with van der Waals surface area (Å²) in [6.07, 6.45) is 3.53. The van der Waals surface area contributed by atoms with Crippen LogP contribution in [0.15, 0.2) is 84.9 Å². The molecule has 1 nitrogen and oxygen atoms in total. The first-order chi connectivity index (χ1) is 12.7. The molecule has 0 saturated carbocycles. The van der Waals surface area contributed by atoms with Gasteiger partial charge in [0.1, 0.15) is 0 Å². The molecule has 0 aromatic heterocycles. The van der Waals surface area contributed by atoms with E-state index in [1.54, 1.807) is 0 Å². The minimum Gasteiger partial charge on any atom is -0.309 e. The predicted molar refractivity (Wildman–Crippen MR) is 114 cm³/mol. The average Bonchev–Trinajstić information content (AvgIpc) is 2.73. The van der Waals surface area contributed by atoms with Crippen molar-refractivity contribution in [1.29, 1.82) is 0 Å². The smallest absolute Gasteiger partial charge is 0.171 e. The van der Waals surface area contributed by atoms with Crippen LogP contribution in [0.3, 0.4) is 0 Å². The van der Waals surface area contributed by atoms with Gasteiger partial charge in [0.15, 0.2) is 7.14 Å². The van der Waals surface area contributed by atoms with Crippen LogP contribution < -0.4 is 15.9 Å². The van der Waals surface area contributed by atoms with E-state index in [0.29, 0.717) is 5.92 Å². The van der Waals surface area contributed by atoms with Gasteiger partial charge in [-0.2, -0.15) is 0 Å². The molecule has 0 N–H and O–H groups in total. The van der Waals surface area contributed by atoms with Gasteiger partial charge in [0, 0.05) is 15.9 Å². The zero-order chi connectivity index (χ0) is 18.4. The van der Waals surface area contributed by atoms with Crippen molar-refractivity contribution in [1.82, 2.24) is 0 Å². The number of rotatable bonds is 7. The second-order valence-corrected chi connectivity index (χ2v) is 9.53. The van der Waals surface area contributed by atoms with Gasteiger partial charge >= 0.3 is 0 Å². The Balaban J connectivity index is 2.08. The minimum atomic E-state index is -2.85.